The maximum Gasteiger partial charge on any atom is 0.362 e. The summed E-state index contributed by atoms with van der Waals surface area (Å²) in [5, 5.41) is 0. The quantitative estimate of drug-likeness (QED) is 0.718. The van der Waals surface area contributed by atoms with Crippen LogP contribution in [0.3, 0.4) is 0 Å². The summed E-state index contributed by atoms with van der Waals surface area (Å²) in [6.07, 6.45) is 0.0524. The molecular formula is C12H12NO5PS. The fourth-order valence-corrected chi connectivity index (χ4v) is 3.35. The summed E-state index contributed by atoms with van der Waals surface area (Å²) in [6.45, 7) is 0. The van der Waals surface area contributed by atoms with Gasteiger partial charge in [0.25, 0.3) is 0 Å². The molecule has 0 fully saturated rings. The summed E-state index contributed by atoms with van der Waals surface area (Å²) in [4.78, 5) is 23.3. The predicted octanol–water partition coefficient (Wildman–Crippen LogP) is 2.24. The molecule has 0 aliphatic heterocycles. The lowest BCUT2D eigenvalue weighted by atomic mass is 10.1. The molecule has 1 aliphatic carbocycles. The third kappa shape index (κ3) is 2.33. The van der Waals surface area contributed by atoms with Gasteiger partial charge in [-0.1, -0.05) is 0 Å². The summed E-state index contributed by atoms with van der Waals surface area (Å²) in [7, 11) is -2.63. The van der Waals surface area contributed by atoms with Gasteiger partial charge in [-0.15, -0.1) is 11.3 Å². The molecule has 0 amide bonds. The lowest BCUT2D eigenvalue weighted by molar-refractivity contribution is 0.301. The Kier molecular flexibility index (Phi) is 3.30. The standard InChI is InChI=1S/C12H12NO5PS/c1-17-8-2-3-9(18-6-19(14,15)16)11-7(8)4-10-12(11)13-5-20-10/h2-3,5H,4,6H2,1H3,(H2,14,15,16). The summed E-state index contributed by atoms with van der Waals surface area (Å²) in [5.74, 6) is 1.16. The van der Waals surface area contributed by atoms with E-state index in [-0.39, 0.29) is 0 Å². The van der Waals surface area contributed by atoms with Gasteiger partial charge in [0.1, 0.15) is 11.5 Å². The summed E-state index contributed by atoms with van der Waals surface area (Å²) in [6, 6.07) is 3.40. The van der Waals surface area contributed by atoms with Crippen molar-refractivity contribution < 1.29 is 23.8 Å². The molecular weight excluding hydrogens is 301 g/mol. The Bertz CT molecular complexity index is 708. The number of ether oxygens (including phenoxy) is 2. The first-order valence-electron chi connectivity index (χ1n) is 5.79. The van der Waals surface area contributed by atoms with Gasteiger partial charge < -0.3 is 19.3 Å². The Hall–Kier alpha value is -1.40. The Morgan fingerprint density at radius 2 is 2.15 bits per heavy atom. The molecule has 20 heavy (non-hydrogen) atoms. The Balaban J connectivity index is 2.05. The second-order valence-electron chi connectivity index (χ2n) is 4.36. The van der Waals surface area contributed by atoms with Crippen LogP contribution in [-0.4, -0.2) is 28.2 Å². The SMILES string of the molecule is COc1ccc(OCP(=O)(O)O)c2c1Cc1scnc1-2. The Labute approximate surface area is 119 Å². The van der Waals surface area contributed by atoms with Crippen LogP contribution in [0, 0.1) is 0 Å². The lowest BCUT2D eigenvalue weighted by Crippen LogP contribution is -2.01. The lowest BCUT2D eigenvalue weighted by Gasteiger charge is -2.13. The summed E-state index contributed by atoms with van der Waals surface area (Å²) >= 11 is 1.54. The van der Waals surface area contributed by atoms with Crippen LogP contribution in [0.15, 0.2) is 17.6 Å². The van der Waals surface area contributed by atoms with Crippen molar-refractivity contribution in [3.8, 4) is 22.8 Å². The minimum absolute atomic E-state index is 0.425. The molecule has 1 heterocycles. The van der Waals surface area contributed by atoms with Crippen molar-refractivity contribution in [1.29, 1.82) is 0 Å². The molecule has 106 valence electrons. The van der Waals surface area contributed by atoms with Gasteiger partial charge in [-0.3, -0.25) is 4.57 Å². The number of hydrogen-bond donors (Lipinski definition) is 2. The third-order valence-corrected chi connectivity index (χ3v) is 4.35. The number of thiazole rings is 1. The van der Waals surface area contributed by atoms with Gasteiger partial charge in [0, 0.05) is 16.9 Å². The fourth-order valence-electron chi connectivity index (χ4n) is 2.27. The molecule has 0 saturated carbocycles. The molecule has 0 unspecified atom stereocenters. The maximum atomic E-state index is 11.0. The van der Waals surface area contributed by atoms with Crippen LogP contribution in [0.5, 0.6) is 11.5 Å². The molecule has 0 atom stereocenters. The predicted molar refractivity (Wildman–Crippen MR) is 74.4 cm³/mol. The van der Waals surface area contributed by atoms with Gasteiger partial charge in [-0.25, -0.2) is 4.98 Å². The fraction of sp³-hybridized carbons (Fsp3) is 0.250. The molecule has 1 aromatic carbocycles. The first-order chi connectivity index (χ1) is 9.49. The number of aromatic nitrogens is 1. The molecule has 1 aromatic heterocycles. The number of fused-ring (bicyclic) bond motifs is 3. The molecule has 3 rings (SSSR count). The third-order valence-electron chi connectivity index (χ3n) is 3.05. The van der Waals surface area contributed by atoms with E-state index in [1.54, 1.807) is 36.1 Å². The maximum absolute atomic E-state index is 11.0. The van der Waals surface area contributed by atoms with E-state index in [0.29, 0.717) is 12.2 Å². The van der Waals surface area contributed by atoms with Crippen LogP contribution in [0.2, 0.25) is 0 Å². The van der Waals surface area contributed by atoms with Crippen LogP contribution in [0.4, 0.5) is 0 Å². The minimum atomic E-state index is -4.22. The van der Waals surface area contributed by atoms with Gasteiger partial charge in [0.15, 0.2) is 6.35 Å². The van der Waals surface area contributed by atoms with Gasteiger partial charge >= 0.3 is 7.60 Å². The van der Waals surface area contributed by atoms with E-state index in [1.165, 1.54) is 0 Å². The second-order valence-corrected chi connectivity index (χ2v) is 6.89. The molecule has 2 aromatic rings. The van der Waals surface area contributed by atoms with E-state index >= 15 is 0 Å². The molecule has 8 heteroatoms. The average Bonchev–Trinajstić information content (AvgIpc) is 2.95. The normalized spacial score (nSPS) is 12.9. The van der Waals surface area contributed by atoms with E-state index in [2.05, 4.69) is 4.98 Å². The molecule has 2 N–H and O–H groups in total. The van der Waals surface area contributed by atoms with Crippen LogP contribution in [0.25, 0.3) is 11.3 Å². The molecule has 0 radical (unpaired) electrons. The highest BCUT2D eigenvalue weighted by molar-refractivity contribution is 7.51. The van der Waals surface area contributed by atoms with Gasteiger partial charge in [0.2, 0.25) is 0 Å². The van der Waals surface area contributed by atoms with Gasteiger partial charge in [-0.2, -0.15) is 0 Å². The highest BCUT2D eigenvalue weighted by Gasteiger charge is 2.29. The molecule has 1 aliphatic rings. The van der Waals surface area contributed by atoms with Crippen molar-refractivity contribution in [2.45, 2.75) is 6.42 Å². The Morgan fingerprint density at radius 1 is 1.40 bits per heavy atom. The van der Waals surface area contributed by atoms with E-state index in [1.807, 2.05) is 0 Å². The monoisotopic (exact) mass is 313 g/mol. The number of nitrogens with zero attached hydrogens (tertiary/aromatic N) is 1. The van der Waals surface area contributed by atoms with E-state index < -0.39 is 13.9 Å². The van der Waals surface area contributed by atoms with Crippen LogP contribution >= 0.6 is 18.9 Å². The number of benzene rings is 1. The van der Waals surface area contributed by atoms with Crippen molar-refractivity contribution >= 4 is 18.9 Å². The molecule has 0 bridgehead atoms. The topological polar surface area (TPSA) is 88.9 Å². The zero-order valence-corrected chi connectivity index (χ0v) is 12.3. The van der Waals surface area contributed by atoms with Crippen LogP contribution in [0.1, 0.15) is 10.4 Å². The highest BCUT2D eigenvalue weighted by atomic mass is 32.1. The van der Waals surface area contributed by atoms with Crippen LogP contribution in [-0.2, 0) is 11.0 Å². The zero-order valence-electron chi connectivity index (χ0n) is 10.6. The van der Waals surface area contributed by atoms with E-state index in [4.69, 9.17) is 19.3 Å². The van der Waals surface area contributed by atoms with Crippen molar-refractivity contribution in [1.82, 2.24) is 4.98 Å². The molecule has 0 spiro atoms. The van der Waals surface area contributed by atoms with Crippen molar-refractivity contribution in [3.05, 3.63) is 28.1 Å². The number of rotatable bonds is 4. The minimum Gasteiger partial charge on any atom is -0.496 e. The van der Waals surface area contributed by atoms with E-state index in [0.717, 1.165) is 27.4 Å². The number of methoxy groups -OCH3 is 1. The first kappa shape index (κ1) is 13.6. The smallest absolute Gasteiger partial charge is 0.362 e. The zero-order chi connectivity index (χ0) is 14.3. The van der Waals surface area contributed by atoms with Gasteiger partial charge in [-0.05, 0) is 12.1 Å². The second kappa shape index (κ2) is 4.86. The van der Waals surface area contributed by atoms with Crippen molar-refractivity contribution in [3.63, 3.8) is 0 Å². The first-order valence-corrected chi connectivity index (χ1v) is 8.47. The number of hydrogen-bond acceptors (Lipinski definition) is 5. The van der Waals surface area contributed by atoms with Crippen molar-refractivity contribution in [2.24, 2.45) is 0 Å². The Morgan fingerprint density at radius 3 is 2.85 bits per heavy atom. The van der Waals surface area contributed by atoms with Gasteiger partial charge in [0.05, 0.1) is 23.9 Å². The van der Waals surface area contributed by atoms with Crippen molar-refractivity contribution in [2.75, 3.05) is 13.5 Å². The summed E-state index contributed by atoms with van der Waals surface area (Å²) in [5.41, 5.74) is 4.28. The molecule has 6 nitrogen and oxygen atoms in total. The summed E-state index contributed by atoms with van der Waals surface area (Å²) < 4.78 is 21.6. The van der Waals surface area contributed by atoms with Crippen LogP contribution < -0.4 is 9.47 Å². The average molecular weight is 313 g/mol. The largest absolute Gasteiger partial charge is 0.496 e. The van der Waals surface area contributed by atoms with E-state index in [9.17, 15) is 4.57 Å². The molecule has 0 saturated heterocycles. The highest BCUT2D eigenvalue weighted by Crippen LogP contribution is 2.48.